The van der Waals surface area contributed by atoms with Gasteiger partial charge in [-0.05, 0) is 60.9 Å². The zero-order valence-electron chi connectivity index (χ0n) is 24.6. The average molecular weight is 559 g/mol. The van der Waals surface area contributed by atoms with Crippen LogP contribution in [0.2, 0.25) is 0 Å². The minimum Gasteiger partial charge on any atom is -0.494 e. The second-order valence-corrected chi connectivity index (χ2v) is 10.7. The van der Waals surface area contributed by atoms with Crippen LogP contribution in [-0.4, -0.2) is 32.7 Å². The van der Waals surface area contributed by atoms with Gasteiger partial charge in [0.2, 0.25) is 0 Å². The Morgan fingerprint density at radius 1 is 0.878 bits per heavy atom. The topological polar surface area (TPSA) is 92.3 Å². The molecule has 0 aliphatic carbocycles. The molecular weight excluding hydrogens is 516 g/mol. The van der Waals surface area contributed by atoms with Gasteiger partial charge in [0, 0.05) is 23.7 Å². The Balaban J connectivity index is 1.22. The third kappa shape index (κ3) is 9.30. The van der Waals surface area contributed by atoms with E-state index >= 15 is 0 Å². The maximum Gasteiger partial charge on any atom is 0.365 e. The molecule has 4 aromatic rings. The van der Waals surface area contributed by atoms with Crippen LogP contribution in [-0.2, 0) is 6.54 Å². The number of rotatable bonds is 17. The molecule has 2 heterocycles. The molecule has 0 aliphatic heterocycles. The maximum absolute atomic E-state index is 12.7. The molecule has 41 heavy (non-hydrogen) atoms. The molecule has 1 atom stereocenters. The summed E-state index contributed by atoms with van der Waals surface area (Å²) in [7, 11) is 0. The summed E-state index contributed by atoms with van der Waals surface area (Å²) in [5.74, 6) is 1.66. The molecule has 8 heteroatoms. The quantitative estimate of drug-likeness (QED) is 0.0730. The van der Waals surface area contributed by atoms with Gasteiger partial charge in [0.25, 0.3) is 0 Å². The minimum absolute atomic E-state index is 0.104. The molecule has 0 radical (unpaired) electrons. The van der Waals surface area contributed by atoms with Crippen molar-refractivity contribution in [2.24, 2.45) is 5.92 Å². The molecule has 0 saturated heterocycles. The van der Waals surface area contributed by atoms with Crippen molar-refractivity contribution in [2.45, 2.75) is 85.1 Å². The van der Waals surface area contributed by atoms with E-state index in [1.54, 1.807) is 18.2 Å². The van der Waals surface area contributed by atoms with E-state index in [1.165, 1.54) is 44.9 Å². The van der Waals surface area contributed by atoms with Crippen molar-refractivity contribution in [3.8, 4) is 34.1 Å². The zero-order chi connectivity index (χ0) is 28.9. The van der Waals surface area contributed by atoms with Gasteiger partial charge in [-0.2, -0.15) is 0 Å². The van der Waals surface area contributed by atoms with Gasteiger partial charge in [-0.25, -0.2) is 4.79 Å². The maximum atomic E-state index is 12.7. The Hall–Kier alpha value is -3.94. The Bertz CT molecular complexity index is 1330. The number of nitrogens with zero attached hydrogens (tertiary/aromatic N) is 4. The fourth-order valence-corrected chi connectivity index (χ4v) is 4.47. The van der Waals surface area contributed by atoms with Crippen LogP contribution < -0.4 is 9.47 Å². The van der Waals surface area contributed by atoms with Crippen molar-refractivity contribution in [3.05, 3.63) is 66.5 Å². The van der Waals surface area contributed by atoms with Crippen molar-refractivity contribution >= 4 is 5.97 Å². The largest absolute Gasteiger partial charge is 0.494 e. The molecule has 0 unspecified atom stereocenters. The fourth-order valence-electron chi connectivity index (χ4n) is 4.47. The SMILES string of the molecule is CCCCCCCCCCOc1ccc(-c2cc(C(=O)Oc3ccc(-c4cn(C[C@@H](C)CC)nn4)cc3)no2)cc1. The number of esters is 1. The van der Waals surface area contributed by atoms with Gasteiger partial charge in [0.15, 0.2) is 11.5 Å². The van der Waals surface area contributed by atoms with E-state index in [9.17, 15) is 4.79 Å². The van der Waals surface area contributed by atoms with Crippen molar-refractivity contribution in [1.29, 1.82) is 0 Å². The fraction of sp³-hybridized carbons (Fsp3) is 0.455. The Labute approximate surface area is 243 Å². The number of ether oxygens (including phenoxy) is 2. The van der Waals surface area contributed by atoms with Crippen LogP contribution in [0.25, 0.3) is 22.6 Å². The average Bonchev–Trinajstić information content (AvgIpc) is 3.68. The first kappa shape index (κ1) is 30.0. The van der Waals surface area contributed by atoms with Gasteiger partial charge in [0.05, 0.1) is 12.8 Å². The number of benzene rings is 2. The second-order valence-electron chi connectivity index (χ2n) is 10.7. The molecule has 0 fully saturated rings. The predicted molar refractivity (Wildman–Crippen MR) is 160 cm³/mol. The summed E-state index contributed by atoms with van der Waals surface area (Å²) in [4.78, 5) is 12.7. The van der Waals surface area contributed by atoms with E-state index in [4.69, 9.17) is 14.0 Å². The smallest absolute Gasteiger partial charge is 0.365 e. The monoisotopic (exact) mass is 558 g/mol. The van der Waals surface area contributed by atoms with Gasteiger partial charge in [-0.15, -0.1) is 5.10 Å². The number of aromatic nitrogens is 4. The molecule has 8 nitrogen and oxygen atoms in total. The van der Waals surface area contributed by atoms with Crippen LogP contribution >= 0.6 is 0 Å². The molecule has 0 spiro atoms. The lowest BCUT2D eigenvalue weighted by Gasteiger charge is -2.06. The zero-order valence-corrected chi connectivity index (χ0v) is 24.6. The summed E-state index contributed by atoms with van der Waals surface area (Å²) in [5, 5.41) is 12.4. The number of hydrogen-bond donors (Lipinski definition) is 0. The number of carbonyl (C=O) groups is 1. The first-order valence-electron chi connectivity index (χ1n) is 15.0. The molecule has 0 N–H and O–H groups in total. The van der Waals surface area contributed by atoms with E-state index in [0.29, 0.717) is 24.0 Å². The Morgan fingerprint density at radius 2 is 1.54 bits per heavy atom. The van der Waals surface area contributed by atoms with E-state index in [2.05, 4.69) is 36.2 Å². The van der Waals surface area contributed by atoms with Crippen LogP contribution in [0.5, 0.6) is 11.5 Å². The van der Waals surface area contributed by atoms with E-state index < -0.39 is 5.97 Å². The van der Waals surface area contributed by atoms with Crippen molar-refractivity contribution < 1.29 is 18.8 Å². The summed E-state index contributed by atoms with van der Waals surface area (Å²) < 4.78 is 18.7. The Morgan fingerprint density at radius 3 is 2.24 bits per heavy atom. The molecule has 0 bridgehead atoms. The highest BCUT2D eigenvalue weighted by atomic mass is 16.5. The first-order chi connectivity index (χ1) is 20.1. The minimum atomic E-state index is -0.586. The molecule has 0 aliphatic rings. The molecule has 4 rings (SSSR count). The summed E-state index contributed by atoms with van der Waals surface area (Å²) in [5.41, 5.74) is 2.58. The van der Waals surface area contributed by atoms with Crippen LogP contribution in [0.15, 0.2) is 65.3 Å². The standard InChI is InChI=1S/C33H42N4O4/c1-4-6-7-8-9-10-11-12-21-39-28-17-15-27(16-18-28)32-22-30(35-41-32)33(38)40-29-19-13-26(14-20-29)31-24-37(36-34-31)23-25(3)5-2/h13-20,22,24-25H,4-12,21,23H2,1-3H3/t25-/m0/s1. The van der Waals surface area contributed by atoms with Gasteiger partial charge < -0.3 is 14.0 Å². The van der Waals surface area contributed by atoms with Gasteiger partial charge in [-0.1, -0.05) is 82.5 Å². The van der Waals surface area contributed by atoms with Gasteiger partial charge in [-0.3, -0.25) is 4.68 Å². The third-order valence-corrected chi connectivity index (χ3v) is 7.22. The normalized spacial score (nSPS) is 11.9. The van der Waals surface area contributed by atoms with E-state index in [1.807, 2.05) is 47.3 Å². The molecular formula is C33H42N4O4. The highest BCUT2D eigenvalue weighted by Gasteiger charge is 2.16. The van der Waals surface area contributed by atoms with Gasteiger partial charge in [0.1, 0.15) is 17.2 Å². The third-order valence-electron chi connectivity index (χ3n) is 7.22. The van der Waals surface area contributed by atoms with Gasteiger partial charge >= 0.3 is 5.97 Å². The number of carbonyl (C=O) groups excluding carboxylic acids is 1. The Kier molecular flexibility index (Phi) is 11.5. The summed E-state index contributed by atoms with van der Waals surface area (Å²) >= 11 is 0. The molecule has 218 valence electrons. The summed E-state index contributed by atoms with van der Waals surface area (Å²) in [6.07, 6.45) is 13.2. The molecule has 2 aromatic carbocycles. The number of hydrogen-bond acceptors (Lipinski definition) is 7. The van der Waals surface area contributed by atoms with Crippen molar-refractivity contribution in [2.75, 3.05) is 6.61 Å². The molecule has 0 saturated carbocycles. The molecule has 2 aromatic heterocycles. The van der Waals surface area contributed by atoms with Crippen molar-refractivity contribution in [1.82, 2.24) is 20.2 Å². The first-order valence-corrected chi connectivity index (χ1v) is 15.0. The lowest BCUT2D eigenvalue weighted by atomic mass is 10.1. The summed E-state index contributed by atoms with van der Waals surface area (Å²) in [6.45, 7) is 8.14. The lowest BCUT2D eigenvalue weighted by molar-refractivity contribution is 0.0724. The second kappa shape index (κ2) is 15.7. The molecule has 0 amide bonds. The van der Waals surface area contributed by atoms with Crippen LogP contribution in [0.1, 0.15) is 89.0 Å². The van der Waals surface area contributed by atoms with Crippen LogP contribution in [0, 0.1) is 5.92 Å². The lowest BCUT2D eigenvalue weighted by Crippen LogP contribution is -2.08. The highest BCUT2D eigenvalue weighted by molar-refractivity contribution is 5.90. The van der Waals surface area contributed by atoms with Crippen LogP contribution in [0.4, 0.5) is 0 Å². The van der Waals surface area contributed by atoms with Crippen LogP contribution in [0.3, 0.4) is 0 Å². The number of unbranched alkanes of at least 4 members (excludes halogenated alkanes) is 7. The van der Waals surface area contributed by atoms with E-state index in [-0.39, 0.29) is 5.69 Å². The highest BCUT2D eigenvalue weighted by Crippen LogP contribution is 2.25. The van der Waals surface area contributed by atoms with E-state index in [0.717, 1.165) is 42.0 Å². The summed E-state index contributed by atoms with van der Waals surface area (Å²) in [6, 6.07) is 16.4. The van der Waals surface area contributed by atoms with Crippen molar-refractivity contribution in [3.63, 3.8) is 0 Å². The predicted octanol–water partition coefficient (Wildman–Crippen LogP) is 8.38.